The van der Waals surface area contributed by atoms with Crippen LogP contribution in [0.2, 0.25) is 0 Å². The van der Waals surface area contributed by atoms with Gasteiger partial charge in [-0.05, 0) is 31.0 Å². The highest BCUT2D eigenvalue weighted by atomic mass is 16.5. The summed E-state index contributed by atoms with van der Waals surface area (Å²) in [5.74, 6) is 0.518. The minimum Gasteiger partial charge on any atom is -0.377 e. The Morgan fingerprint density at radius 3 is 2.67 bits per heavy atom. The van der Waals surface area contributed by atoms with Crippen molar-refractivity contribution >= 4 is 11.7 Å². The quantitative estimate of drug-likeness (QED) is 0.878. The zero-order valence-electron chi connectivity index (χ0n) is 15.5. The van der Waals surface area contributed by atoms with E-state index in [2.05, 4.69) is 9.80 Å². The number of pyridine rings is 1. The van der Waals surface area contributed by atoms with Crippen molar-refractivity contribution in [2.45, 2.75) is 18.9 Å². The van der Waals surface area contributed by atoms with Gasteiger partial charge in [0.25, 0.3) is 0 Å². The van der Waals surface area contributed by atoms with Gasteiger partial charge in [0.15, 0.2) is 0 Å². The summed E-state index contributed by atoms with van der Waals surface area (Å²) < 4.78 is 5.76. The van der Waals surface area contributed by atoms with Gasteiger partial charge in [0.05, 0.1) is 11.8 Å². The molecule has 4 rings (SSSR count). The molecule has 2 aromatic rings. The molecule has 2 fully saturated rings. The van der Waals surface area contributed by atoms with Gasteiger partial charge in [-0.15, -0.1) is 0 Å². The second-order valence-electron chi connectivity index (χ2n) is 7.21. The molecule has 6 nitrogen and oxygen atoms in total. The normalized spacial score (nSPS) is 20.7. The van der Waals surface area contributed by atoms with E-state index in [4.69, 9.17) is 15.5 Å². The molecule has 1 aromatic carbocycles. The van der Waals surface area contributed by atoms with Gasteiger partial charge >= 0.3 is 0 Å². The molecule has 1 atom stereocenters. The largest absolute Gasteiger partial charge is 0.377 e. The molecule has 6 heteroatoms. The molecule has 2 aliphatic heterocycles. The summed E-state index contributed by atoms with van der Waals surface area (Å²) in [6.07, 6.45) is 2.78. The number of ether oxygens (including phenoxy) is 1. The highest BCUT2D eigenvalue weighted by molar-refractivity contribution is 5.99. The Morgan fingerprint density at radius 2 is 1.93 bits per heavy atom. The van der Waals surface area contributed by atoms with Gasteiger partial charge in [0, 0.05) is 50.5 Å². The second kappa shape index (κ2) is 8.06. The molecule has 0 bridgehead atoms. The first-order chi connectivity index (χ1) is 13.2. The minimum absolute atomic E-state index is 0.406. The number of aromatic nitrogens is 1. The summed E-state index contributed by atoms with van der Waals surface area (Å²) in [5.41, 5.74) is 7.59. The molecular formula is C21H26N4O2. The van der Waals surface area contributed by atoms with Crippen molar-refractivity contribution in [3.8, 4) is 11.3 Å². The van der Waals surface area contributed by atoms with E-state index in [1.165, 1.54) is 12.8 Å². The van der Waals surface area contributed by atoms with Gasteiger partial charge in [0.1, 0.15) is 5.82 Å². The van der Waals surface area contributed by atoms with Crippen molar-refractivity contribution in [3.05, 3.63) is 48.0 Å². The molecule has 2 N–H and O–H groups in total. The van der Waals surface area contributed by atoms with Crippen LogP contribution in [0.3, 0.4) is 0 Å². The number of nitrogens with two attached hydrogens (primary N) is 1. The van der Waals surface area contributed by atoms with E-state index in [9.17, 15) is 4.79 Å². The number of primary amides is 1. The Kier molecular flexibility index (Phi) is 5.36. The second-order valence-corrected chi connectivity index (χ2v) is 7.21. The Bertz CT molecular complexity index is 796. The van der Waals surface area contributed by atoms with Crippen molar-refractivity contribution in [2.24, 2.45) is 5.73 Å². The average molecular weight is 366 g/mol. The average Bonchev–Trinajstić information content (AvgIpc) is 3.22. The lowest BCUT2D eigenvalue weighted by Gasteiger charge is -2.36. The maximum atomic E-state index is 11.7. The molecule has 1 amide bonds. The van der Waals surface area contributed by atoms with Crippen LogP contribution in [0.25, 0.3) is 11.3 Å². The Morgan fingerprint density at radius 1 is 1.11 bits per heavy atom. The fraction of sp³-hybridized carbons (Fsp3) is 0.429. The van der Waals surface area contributed by atoms with Gasteiger partial charge in [-0.2, -0.15) is 0 Å². The van der Waals surface area contributed by atoms with Crippen molar-refractivity contribution < 1.29 is 9.53 Å². The van der Waals surface area contributed by atoms with Gasteiger partial charge < -0.3 is 15.4 Å². The van der Waals surface area contributed by atoms with Crippen molar-refractivity contribution in [3.63, 3.8) is 0 Å². The monoisotopic (exact) mass is 366 g/mol. The molecule has 2 saturated heterocycles. The highest BCUT2D eigenvalue weighted by Gasteiger charge is 2.23. The third kappa shape index (κ3) is 4.12. The summed E-state index contributed by atoms with van der Waals surface area (Å²) >= 11 is 0. The number of nitrogens with zero attached hydrogens (tertiary/aromatic N) is 3. The van der Waals surface area contributed by atoms with E-state index in [1.807, 2.05) is 36.4 Å². The molecule has 1 unspecified atom stereocenters. The molecule has 2 aliphatic rings. The van der Waals surface area contributed by atoms with E-state index in [-0.39, 0.29) is 0 Å². The van der Waals surface area contributed by atoms with Crippen LogP contribution in [-0.2, 0) is 4.74 Å². The van der Waals surface area contributed by atoms with E-state index in [0.29, 0.717) is 11.7 Å². The van der Waals surface area contributed by atoms with Crippen LogP contribution in [0.4, 0.5) is 5.82 Å². The number of carbonyl (C=O) groups is 1. The molecular weight excluding hydrogens is 340 g/mol. The number of carbonyl (C=O) groups excluding carboxylic acids is 1. The Hall–Kier alpha value is -2.44. The Balaban J connectivity index is 1.45. The van der Waals surface area contributed by atoms with Crippen LogP contribution in [0.1, 0.15) is 23.2 Å². The van der Waals surface area contributed by atoms with Crippen molar-refractivity contribution in [1.82, 2.24) is 9.88 Å². The fourth-order valence-corrected chi connectivity index (χ4v) is 3.91. The smallest absolute Gasteiger partial charge is 0.249 e. The Labute approximate surface area is 159 Å². The first kappa shape index (κ1) is 17.9. The van der Waals surface area contributed by atoms with Gasteiger partial charge in [-0.25, -0.2) is 4.98 Å². The summed E-state index contributed by atoms with van der Waals surface area (Å²) in [6, 6.07) is 13.3. The van der Waals surface area contributed by atoms with E-state index in [0.717, 1.165) is 56.4 Å². The minimum atomic E-state index is -0.430. The lowest BCUT2D eigenvalue weighted by Crippen LogP contribution is -2.48. The van der Waals surface area contributed by atoms with Crippen LogP contribution in [0.5, 0.6) is 0 Å². The topological polar surface area (TPSA) is 71.7 Å². The lowest BCUT2D eigenvalue weighted by atomic mass is 10.0. The summed E-state index contributed by atoms with van der Waals surface area (Å²) in [4.78, 5) is 21.3. The molecule has 0 radical (unpaired) electrons. The number of anilines is 1. The van der Waals surface area contributed by atoms with Gasteiger partial charge in [-0.1, -0.05) is 24.3 Å². The number of rotatable bonds is 5. The van der Waals surface area contributed by atoms with Crippen LogP contribution in [0.15, 0.2) is 42.5 Å². The van der Waals surface area contributed by atoms with Crippen LogP contribution in [0, 0.1) is 0 Å². The standard InChI is InChI=1S/C21H26N4O2/c22-21(26)18-7-2-1-6-17(18)19-8-3-9-20(23-19)25-12-10-24(11-13-25)15-16-5-4-14-27-16/h1-3,6-9,16H,4-5,10-15H2,(H2,22,26). The van der Waals surface area contributed by atoms with Crippen LogP contribution < -0.4 is 10.6 Å². The van der Waals surface area contributed by atoms with Crippen molar-refractivity contribution in [2.75, 3.05) is 44.2 Å². The van der Waals surface area contributed by atoms with Crippen LogP contribution >= 0.6 is 0 Å². The zero-order valence-corrected chi connectivity index (χ0v) is 15.5. The summed E-state index contributed by atoms with van der Waals surface area (Å²) in [7, 11) is 0. The van der Waals surface area contributed by atoms with Crippen molar-refractivity contribution in [1.29, 1.82) is 0 Å². The fourth-order valence-electron chi connectivity index (χ4n) is 3.91. The molecule has 1 aromatic heterocycles. The molecule has 27 heavy (non-hydrogen) atoms. The number of hydrogen-bond acceptors (Lipinski definition) is 5. The van der Waals surface area contributed by atoms with E-state index >= 15 is 0 Å². The molecule has 3 heterocycles. The van der Waals surface area contributed by atoms with E-state index in [1.54, 1.807) is 6.07 Å². The SMILES string of the molecule is NC(=O)c1ccccc1-c1cccc(N2CCN(CC3CCCO3)CC2)n1. The molecule has 0 aliphatic carbocycles. The highest BCUT2D eigenvalue weighted by Crippen LogP contribution is 2.25. The molecule has 0 saturated carbocycles. The molecule has 0 spiro atoms. The van der Waals surface area contributed by atoms with E-state index < -0.39 is 5.91 Å². The lowest BCUT2D eigenvalue weighted by molar-refractivity contribution is 0.0712. The maximum absolute atomic E-state index is 11.7. The number of piperazine rings is 1. The predicted octanol–water partition coefficient (Wildman–Crippen LogP) is 2.15. The number of benzene rings is 1. The van der Waals surface area contributed by atoms with Gasteiger partial charge in [-0.3, -0.25) is 9.69 Å². The zero-order chi connectivity index (χ0) is 18.6. The van der Waals surface area contributed by atoms with Crippen LogP contribution in [-0.4, -0.2) is 61.2 Å². The van der Waals surface area contributed by atoms with Gasteiger partial charge in [0.2, 0.25) is 5.91 Å². The third-order valence-electron chi connectivity index (χ3n) is 5.38. The molecule has 142 valence electrons. The predicted molar refractivity (Wildman–Crippen MR) is 106 cm³/mol. The summed E-state index contributed by atoms with van der Waals surface area (Å²) in [6.45, 7) is 5.87. The third-order valence-corrected chi connectivity index (χ3v) is 5.38. The summed E-state index contributed by atoms with van der Waals surface area (Å²) in [5, 5.41) is 0. The first-order valence-corrected chi connectivity index (χ1v) is 9.66. The maximum Gasteiger partial charge on any atom is 0.249 e. The number of hydrogen-bond donors (Lipinski definition) is 1. The first-order valence-electron chi connectivity index (χ1n) is 9.66. The number of amides is 1.